The zero-order chi connectivity index (χ0) is 13.8. The van der Waals surface area contributed by atoms with Crippen LogP contribution in [0.4, 0.5) is 0 Å². The number of hydrogen-bond donors (Lipinski definition) is 1. The van der Waals surface area contributed by atoms with Crippen molar-refractivity contribution in [3.8, 4) is 5.75 Å². The van der Waals surface area contributed by atoms with Crippen LogP contribution >= 0.6 is 27.3 Å². The summed E-state index contributed by atoms with van der Waals surface area (Å²) in [6.07, 6.45) is 0. The molecule has 0 saturated heterocycles. The van der Waals surface area contributed by atoms with Crippen molar-refractivity contribution >= 4 is 39.0 Å². The molecule has 0 unspecified atom stereocenters. The van der Waals surface area contributed by atoms with E-state index < -0.39 is 5.97 Å². The SMILES string of the molecule is O=C(O)c1csc(C(=O)COc2ccc(Br)cc2)n1. The summed E-state index contributed by atoms with van der Waals surface area (Å²) in [7, 11) is 0. The highest BCUT2D eigenvalue weighted by molar-refractivity contribution is 9.10. The van der Waals surface area contributed by atoms with Gasteiger partial charge in [0.15, 0.2) is 17.3 Å². The van der Waals surface area contributed by atoms with Crippen molar-refractivity contribution in [2.24, 2.45) is 0 Å². The number of aromatic carboxylic acids is 1. The van der Waals surface area contributed by atoms with Gasteiger partial charge in [0.2, 0.25) is 5.78 Å². The van der Waals surface area contributed by atoms with Crippen LogP contribution in [0.25, 0.3) is 0 Å². The molecule has 1 N–H and O–H groups in total. The molecule has 2 aromatic rings. The highest BCUT2D eigenvalue weighted by Gasteiger charge is 2.15. The minimum atomic E-state index is -1.15. The maximum Gasteiger partial charge on any atom is 0.355 e. The molecule has 0 atom stereocenters. The summed E-state index contributed by atoms with van der Waals surface area (Å²) in [5.74, 6) is -0.934. The molecule has 0 aliphatic heterocycles. The molecule has 1 aromatic carbocycles. The number of halogens is 1. The van der Waals surface area contributed by atoms with Crippen LogP contribution in [0.3, 0.4) is 0 Å². The average molecular weight is 342 g/mol. The highest BCUT2D eigenvalue weighted by Crippen LogP contribution is 2.17. The van der Waals surface area contributed by atoms with Gasteiger partial charge in [-0.15, -0.1) is 11.3 Å². The van der Waals surface area contributed by atoms with E-state index in [0.717, 1.165) is 15.8 Å². The molecular formula is C12H8BrNO4S. The second-order valence-corrected chi connectivity index (χ2v) is 5.28. The first-order valence-corrected chi connectivity index (χ1v) is 6.84. The number of carbonyl (C=O) groups excluding carboxylic acids is 1. The summed E-state index contributed by atoms with van der Waals surface area (Å²) in [6.45, 7) is -0.172. The van der Waals surface area contributed by atoms with E-state index in [4.69, 9.17) is 9.84 Å². The zero-order valence-corrected chi connectivity index (χ0v) is 11.9. The molecular weight excluding hydrogens is 334 g/mol. The Hall–Kier alpha value is -1.73. The van der Waals surface area contributed by atoms with E-state index >= 15 is 0 Å². The summed E-state index contributed by atoms with van der Waals surface area (Å²) >= 11 is 4.29. The van der Waals surface area contributed by atoms with Crippen LogP contribution in [0.15, 0.2) is 34.1 Å². The average Bonchev–Trinajstić information content (AvgIpc) is 2.87. The maximum atomic E-state index is 11.7. The number of Topliss-reactive ketones (excluding diaryl/α,β-unsaturated/α-hetero) is 1. The van der Waals surface area contributed by atoms with Gasteiger partial charge in [-0.25, -0.2) is 9.78 Å². The standard InChI is InChI=1S/C12H8BrNO4S/c13-7-1-3-8(4-2-7)18-5-10(15)11-14-9(6-19-11)12(16)17/h1-4,6H,5H2,(H,16,17). The molecule has 5 nitrogen and oxygen atoms in total. The number of ether oxygens (including phenoxy) is 1. The lowest BCUT2D eigenvalue weighted by Crippen LogP contribution is -2.11. The molecule has 19 heavy (non-hydrogen) atoms. The molecule has 0 bridgehead atoms. The molecule has 7 heteroatoms. The molecule has 0 radical (unpaired) electrons. The van der Waals surface area contributed by atoms with Gasteiger partial charge in [0.25, 0.3) is 0 Å². The maximum absolute atomic E-state index is 11.7. The summed E-state index contributed by atoms with van der Waals surface area (Å²) in [5.41, 5.74) is -0.128. The van der Waals surface area contributed by atoms with Crippen LogP contribution < -0.4 is 4.74 Å². The number of carbonyl (C=O) groups is 2. The first-order chi connectivity index (χ1) is 9.06. The Morgan fingerprint density at radius 2 is 2.00 bits per heavy atom. The van der Waals surface area contributed by atoms with Crippen molar-refractivity contribution in [2.45, 2.75) is 0 Å². The molecule has 0 aliphatic carbocycles. The van der Waals surface area contributed by atoms with Gasteiger partial charge in [-0.05, 0) is 24.3 Å². The van der Waals surface area contributed by atoms with Crippen LogP contribution in [-0.4, -0.2) is 28.4 Å². The lowest BCUT2D eigenvalue weighted by molar-refractivity contribution is 0.0691. The van der Waals surface area contributed by atoms with Gasteiger partial charge in [0.05, 0.1) is 0 Å². The fraction of sp³-hybridized carbons (Fsp3) is 0.0833. The molecule has 98 valence electrons. The third kappa shape index (κ3) is 3.62. The minimum Gasteiger partial charge on any atom is -0.485 e. The summed E-state index contributed by atoms with van der Waals surface area (Å²) in [4.78, 5) is 26.1. The zero-order valence-electron chi connectivity index (χ0n) is 9.50. The second kappa shape index (κ2) is 5.94. The van der Waals surface area contributed by atoms with Crippen LogP contribution in [0.5, 0.6) is 5.75 Å². The predicted octanol–water partition coefficient (Wildman–Crippen LogP) is 2.87. The number of thiazole rings is 1. The largest absolute Gasteiger partial charge is 0.485 e. The van der Waals surface area contributed by atoms with Gasteiger partial charge in [-0.1, -0.05) is 15.9 Å². The highest BCUT2D eigenvalue weighted by atomic mass is 79.9. The number of carboxylic acid groups (broad SMARTS) is 1. The number of hydrogen-bond acceptors (Lipinski definition) is 5. The first kappa shape index (κ1) is 13.7. The van der Waals surface area contributed by atoms with Gasteiger partial charge >= 0.3 is 5.97 Å². The fourth-order valence-corrected chi connectivity index (χ4v) is 2.22. The lowest BCUT2D eigenvalue weighted by atomic mass is 10.3. The molecule has 0 saturated carbocycles. The Morgan fingerprint density at radius 1 is 1.32 bits per heavy atom. The molecule has 1 aromatic heterocycles. The number of carboxylic acids is 1. The van der Waals surface area contributed by atoms with Gasteiger partial charge < -0.3 is 9.84 Å². The van der Waals surface area contributed by atoms with E-state index in [0.29, 0.717) is 5.75 Å². The van der Waals surface area contributed by atoms with Crippen LogP contribution in [0.1, 0.15) is 20.3 Å². The van der Waals surface area contributed by atoms with E-state index in [2.05, 4.69) is 20.9 Å². The Morgan fingerprint density at radius 3 is 2.58 bits per heavy atom. The third-order valence-electron chi connectivity index (χ3n) is 2.15. The number of ketones is 1. The minimum absolute atomic E-state index is 0.128. The van der Waals surface area contributed by atoms with Crippen LogP contribution in [0.2, 0.25) is 0 Å². The summed E-state index contributed by atoms with van der Waals surface area (Å²) in [5, 5.41) is 10.2. The van der Waals surface area contributed by atoms with Crippen molar-refractivity contribution in [1.29, 1.82) is 0 Å². The Balaban J connectivity index is 1.97. The second-order valence-electron chi connectivity index (χ2n) is 3.51. The molecule has 2 rings (SSSR count). The van der Waals surface area contributed by atoms with E-state index in [-0.39, 0.29) is 23.1 Å². The quantitative estimate of drug-likeness (QED) is 0.846. The Bertz CT molecular complexity index is 608. The third-order valence-corrected chi connectivity index (χ3v) is 3.56. The number of nitrogens with zero attached hydrogens (tertiary/aromatic N) is 1. The molecule has 0 amide bonds. The van der Waals surface area contributed by atoms with Crippen molar-refractivity contribution < 1.29 is 19.4 Å². The summed E-state index contributed by atoms with van der Waals surface area (Å²) < 4.78 is 6.21. The van der Waals surface area contributed by atoms with Gasteiger partial charge in [-0.3, -0.25) is 4.79 Å². The van der Waals surface area contributed by atoms with Gasteiger partial charge in [0.1, 0.15) is 5.75 Å². The number of aromatic nitrogens is 1. The molecule has 0 fully saturated rings. The van der Waals surface area contributed by atoms with Crippen molar-refractivity contribution in [2.75, 3.05) is 6.61 Å². The number of benzene rings is 1. The van der Waals surface area contributed by atoms with Crippen molar-refractivity contribution in [1.82, 2.24) is 4.98 Å². The van der Waals surface area contributed by atoms with E-state index in [1.807, 2.05) is 0 Å². The monoisotopic (exact) mass is 341 g/mol. The lowest BCUT2D eigenvalue weighted by Gasteiger charge is -2.03. The molecule has 0 aliphatic rings. The summed E-state index contributed by atoms with van der Waals surface area (Å²) in [6, 6.07) is 7.04. The van der Waals surface area contributed by atoms with E-state index in [1.54, 1.807) is 24.3 Å². The first-order valence-electron chi connectivity index (χ1n) is 5.16. The molecule has 0 spiro atoms. The number of rotatable bonds is 5. The predicted molar refractivity (Wildman–Crippen MR) is 73.0 cm³/mol. The fourth-order valence-electron chi connectivity index (χ4n) is 1.24. The van der Waals surface area contributed by atoms with Crippen molar-refractivity contribution in [3.63, 3.8) is 0 Å². The van der Waals surface area contributed by atoms with Crippen molar-refractivity contribution in [3.05, 3.63) is 44.8 Å². The van der Waals surface area contributed by atoms with Gasteiger partial charge in [-0.2, -0.15) is 0 Å². The smallest absolute Gasteiger partial charge is 0.355 e. The van der Waals surface area contributed by atoms with Gasteiger partial charge in [0, 0.05) is 9.85 Å². The molecule has 1 heterocycles. The Labute approximate surface area is 121 Å². The van der Waals surface area contributed by atoms with Crippen LogP contribution in [-0.2, 0) is 0 Å². The Kier molecular flexibility index (Phi) is 4.28. The normalized spacial score (nSPS) is 10.2. The van der Waals surface area contributed by atoms with E-state index in [9.17, 15) is 9.59 Å². The van der Waals surface area contributed by atoms with E-state index in [1.165, 1.54) is 5.38 Å². The topological polar surface area (TPSA) is 76.5 Å². The van der Waals surface area contributed by atoms with Crippen LogP contribution in [0, 0.1) is 0 Å².